The van der Waals surface area contributed by atoms with Crippen LogP contribution in [0.3, 0.4) is 0 Å². The van der Waals surface area contributed by atoms with E-state index in [-0.39, 0.29) is 24.2 Å². The number of ether oxygens (including phenoxy) is 2. The second-order valence-electron chi connectivity index (χ2n) is 6.14. The monoisotopic (exact) mass is 358 g/mol. The predicted octanol–water partition coefficient (Wildman–Crippen LogP) is 1.65. The fraction of sp³-hybridized carbons (Fsp3) is 0.389. The Morgan fingerprint density at radius 2 is 2.12 bits per heavy atom. The van der Waals surface area contributed by atoms with E-state index in [9.17, 15) is 9.59 Å². The summed E-state index contributed by atoms with van der Waals surface area (Å²) in [4.78, 5) is 25.7. The summed E-state index contributed by atoms with van der Waals surface area (Å²) in [6.45, 7) is 0.566. The summed E-state index contributed by atoms with van der Waals surface area (Å²) in [6, 6.07) is 8.57. The van der Waals surface area contributed by atoms with Crippen molar-refractivity contribution >= 4 is 11.8 Å². The fourth-order valence-corrected chi connectivity index (χ4v) is 3.11. The first-order chi connectivity index (χ1) is 12.6. The lowest BCUT2D eigenvalue weighted by Crippen LogP contribution is -2.41. The summed E-state index contributed by atoms with van der Waals surface area (Å²) in [7, 11) is 1.58. The molecule has 0 aliphatic carbocycles. The second-order valence-corrected chi connectivity index (χ2v) is 6.14. The number of aromatic amines is 1. The normalized spacial score (nSPS) is 17.0. The van der Waals surface area contributed by atoms with E-state index in [1.165, 1.54) is 0 Å². The molecule has 2 aromatic rings. The summed E-state index contributed by atoms with van der Waals surface area (Å²) >= 11 is 0. The van der Waals surface area contributed by atoms with E-state index >= 15 is 0 Å². The lowest BCUT2D eigenvalue weighted by Gasteiger charge is -2.35. The standard InChI is InChI=1S/C18H22N4O4/c1-25-12-5-4-6-13(9-12)26-11-17(23)22-8-3-2-7-16(22)14-10-15(18(19)24)21-20-14/h4-6,9-10,16H,2-3,7-8,11H2,1H3,(H2,19,24)(H,20,21). The highest BCUT2D eigenvalue weighted by Gasteiger charge is 2.30. The summed E-state index contributed by atoms with van der Waals surface area (Å²) in [6.07, 6.45) is 2.72. The van der Waals surface area contributed by atoms with Gasteiger partial charge in [0.2, 0.25) is 0 Å². The molecule has 8 heteroatoms. The molecule has 3 rings (SSSR count). The molecule has 2 amide bonds. The molecule has 0 saturated carbocycles. The number of nitrogens with one attached hydrogen (secondary N) is 1. The number of benzene rings is 1. The third kappa shape index (κ3) is 3.96. The van der Waals surface area contributed by atoms with Crippen LogP contribution in [0.25, 0.3) is 0 Å². The first kappa shape index (κ1) is 17.8. The van der Waals surface area contributed by atoms with Crippen molar-refractivity contribution in [1.82, 2.24) is 15.1 Å². The molecule has 1 aromatic heterocycles. The number of carbonyl (C=O) groups excluding carboxylic acids is 2. The second kappa shape index (κ2) is 7.90. The first-order valence-electron chi connectivity index (χ1n) is 8.50. The molecule has 1 aliphatic rings. The first-order valence-corrected chi connectivity index (χ1v) is 8.50. The Bertz CT molecular complexity index is 789. The van der Waals surface area contributed by atoms with Crippen LogP contribution in [0.1, 0.15) is 41.5 Å². The van der Waals surface area contributed by atoms with Gasteiger partial charge in [-0.15, -0.1) is 0 Å². The van der Waals surface area contributed by atoms with Gasteiger partial charge >= 0.3 is 0 Å². The van der Waals surface area contributed by atoms with Crippen molar-refractivity contribution in [3.05, 3.63) is 41.7 Å². The smallest absolute Gasteiger partial charge is 0.269 e. The zero-order chi connectivity index (χ0) is 18.5. The van der Waals surface area contributed by atoms with E-state index in [1.807, 2.05) is 6.07 Å². The Kier molecular flexibility index (Phi) is 5.40. The molecule has 1 fully saturated rings. The van der Waals surface area contributed by atoms with Gasteiger partial charge in [-0.2, -0.15) is 5.10 Å². The number of nitrogens with zero attached hydrogens (tertiary/aromatic N) is 2. The Hall–Kier alpha value is -3.03. The van der Waals surface area contributed by atoms with Crippen LogP contribution in [0, 0.1) is 0 Å². The van der Waals surface area contributed by atoms with Crippen LogP contribution in [-0.2, 0) is 4.79 Å². The number of likely N-dealkylation sites (tertiary alicyclic amines) is 1. The van der Waals surface area contributed by atoms with Crippen LogP contribution in [0.5, 0.6) is 11.5 Å². The van der Waals surface area contributed by atoms with Crippen LogP contribution < -0.4 is 15.2 Å². The van der Waals surface area contributed by atoms with E-state index in [2.05, 4.69) is 10.2 Å². The van der Waals surface area contributed by atoms with Crippen LogP contribution in [-0.4, -0.2) is 47.2 Å². The van der Waals surface area contributed by atoms with E-state index in [1.54, 1.807) is 36.3 Å². The van der Waals surface area contributed by atoms with E-state index in [4.69, 9.17) is 15.2 Å². The summed E-state index contributed by atoms with van der Waals surface area (Å²) < 4.78 is 10.8. The van der Waals surface area contributed by atoms with Gasteiger partial charge in [-0.05, 0) is 37.5 Å². The maximum Gasteiger partial charge on any atom is 0.269 e. The maximum absolute atomic E-state index is 12.7. The molecule has 1 saturated heterocycles. The number of carbonyl (C=O) groups is 2. The van der Waals surface area contributed by atoms with Crippen molar-refractivity contribution in [2.75, 3.05) is 20.3 Å². The van der Waals surface area contributed by atoms with Gasteiger partial charge in [0.1, 0.15) is 17.2 Å². The Morgan fingerprint density at radius 1 is 1.31 bits per heavy atom. The van der Waals surface area contributed by atoms with Gasteiger partial charge in [-0.3, -0.25) is 14.7 Å². The molecule has 3 N–H and O–H groups in total. The van der Waals surface area contributed by atoms with E-state index in [0.29, 0.717) is 23.7 Å². The molecular weight excluding hydrogens is 336 g/mol. The number of rotatable bonds is 6. The molecule has 1 aromatic carbocycles. The Morgan fingerprint density at radius 3 is 2.85 bits per heavy atom. The zero-order valence-corrected chi connectivity index (χ0v) is 14.6. The molecule has 26 heavy (non-hydrogen) atoms. The molecule has 8 nitrogen and oxygen atoms in total. The zero-order valence-electron chi connectivity index (χ0n) is 14.6. The molecule has 0 radical (unpaired) electrons. The van der Waals surface area contributed by atoms with Crippen molar-refractivity contribution in [2.45, 2.75) is 25.3 Å². The molecule has 1 aliphatic heterocycles. The molecule has 0 spiro atoms. The van der Waals surface area contributed by atoms with Gasteiger partial charge in [0.15, 0.2) is 6.61 Å². The average molecular weight is 358 g/mol. The molecular formula is C18H22N4O4. The largest absolute Gasteiger partial charge is 0.497 e. The number of primary amides is 1. The number of amides is 2. The van der Waals surface area contributed by atoms with Crippen LogP contribution in [0.2, 0.25) is 0 Å². The third-order valence-corrected chi connectivity index (χ3v) is 4.44. The molecule has 1 unspecified atom stereocenters. The predicted molar refractivity (Wildman–Crippen MR) is 93.9 cm³/mol. The SMILES string of the molecule is COc1cccc(OCC(=O)N2CCCCC2c2cc(C(N)=O)n[nH]2)c1. The Balaban J connectivity index is 1.68. The van der Waals surface area contributed by atoms with Gasteiger partial charge in [0.25, 0.3) is 11.8 Å². The number of methoxy groups -OCH3 is 1. The van der Waals surface area contributed by atoms with Crippen molar-refractivity contribution in [2.24, 2.45) is 5.73 Å². The average Bonchev–Trinajstić information content (AvgIpc) is 3.16. The van der Waals surface area contributed by atoms with Crippen LogP contribution in [0.15, 0.2) is 30.3 Å². The topological polar surface area (TPSA) is 111 Å². The molecule has 2 heterocycles. The number of hydrogen-bond donors (Lipinski definition) is 2. The summed E-state index contributed by atoms with van der Waals surface area (Å²) in [5, 5.41) is 6.74. The van der Waals surface area contributed by atoms with Crippen molar-refractivity contribution < 1.29 is 19.1 Å². The van der Waals surface area contributed by atoms with Gasteiger partial charge in [0, 0.05) is 12.6 Å². The maximum atomic E-state index is 12.7. The van der Waals surface area contributed by atoms with Crippen LogP contribution in [0.4, 0.5) is 0 Å². The molecule has 1 atom stereocenters. The van der Waals surface area contributed by atoms with Crippen molar-refractivity contribution in [1.29, 1.82) is 0 Å². The van der Waals surface area contributed by atoms with Gasteiger partial charge in [0.05, 0.1) is 18.8 Å². The van der Waals surface area contributed by atoms with Crippen molar-refractivity contribution in [3.8, 4) is 11.5 Å². The van der Waals surface area contributed by atoms with Gasteiger partial charge < -0.3 is 20.1 Å². The quantitative estimate of drug-likeness (QED) is 0.816. The minimum absolute atomic E-state index is 0.0690. The number of hydrogen-bond acceptors (Lipinski definition) is 5. The number of nitrogens with two attached hydrogens (primary N) is 1. The van der Waals surface area contributed by atoms with Gasteiger partial charge in [-0.1, -0.05) is 6.07 Å². The number of piperidine rings is 1. The Labute approximate surface area is 151 Å². The lowest BCUT2D eigenvalue weighted by atomic mass is 9.99. The number of H-pyrrole nitrogens is 1. The highest BCUT2D eigenvalue weighted by molar-refractivity contribution is 5.90. The minimum Gasteiger partial charge on any atom is -0.497 e. The summed E-state index contributed by atoms with van der Waals surface area (Å²) in [5.74, 6) is 0.529. The van der Waals surface area contributed by atoms with Gasteiger partial charge in [-0.25, -0.2) is 0 Å². The third-order valence-electron chi connectivity index (χ3n) is 4.44. The van der Waals surface area contributed by atoms with Crippen LogP contribution >= 0.6 is 0 Å². The fourth-order valence-electron chi connectivity index (χ4n) is 3.11. The summed E-state index contributed by atoms with van der Waals surface area (Å²) in [5.41, 5.74) is 6.14. The highest BCUT2D eigenvalue weighted by Crippen LogP contribution is 2.30. The molecule has 138 valence electrons. The minimum atomic E-state index is -0.595. The highest BCUT2D eigenvalue weighted by atomic mass is 16.5. The number of aromatic nitrogens is 2. The van der Waals surface area contributed by atoms with E-state index in [0.717, 1.165) is 19.3 Å². The van der Waals surface area contributed by atoms with Crippen molar-refractivity contribution in [3.63, 3.8) is 0 Å². The lowest BCUT2D eigenvalue weighted by molar-refractivity contribution is -0.137. The van der Waals surface area contributed by atoms with E-state index < -0.39 is 5.91 Å². The molecule has 0 bridgehead atoms.